The largest absolute Gasteiger partial charge is 0.383 e. The van der Waals surface area contributed by atoms with E-state index in [9.17, 15) is 0 Å². The van der Waals surface area contributed by atoms with Gasteiger partial charge in [0.05, 0.1) is 5.01 Å². The minimum atomic E-state index is 0.689. The first-order valence-corrected chi connectivity index (χ1v) is 5.34. The first kappa shape index (κ1) is 8.05. The van der Waals surface area contributed by atoms with Crippen LogP contribution in [0.2, 0.25) is 0 Å². The molecule has 1 fully saturated rings. The summed E-state index contributed by atoms with van der Waals surface area (Å²) in [7, 11) is 0. The predicted molar refractivity (Wildman–Crippen MR) is 52.3 cm³/mol. The summed E-state index contributed by atoms with van der Waals surface area (Å²) in [5.41, 5.74) is 5.58. The van der Waals surface area contributed by atoms with Gasteiger partial charge in [0.15, 0.2) is 0 Å². The second-order valence-corrected chi connectivity index (χ2v) is 4.62. The molecule has 1 heterocycles. The third kappa shape index (κ3) is 1.46. The van der Waals surface area contributed by atoms with Crippen molar-refractivity contribution in [3.8, 4) is 0 Å². The van der Waals surface area contributed by atoms with Crippen molar-refractivity contribution in [2.45, 2.75) is 32.1 Å². The summed E-state index contributed by atoms with van der Waals surface area (Å²) in [6.07, 6.45) is 3.95. The van der Waals surface area contributed by atoms with Crippen LogP contribution in [0, 0.1) is 5.92 Å². The van der Waals surface area contributed by atoms with E-state index in [0.29, 0.717) is 11.7 Å². The number of aromatic nitrogens is 1. The van der Waals surface area contributed by atoms with Gasteiger partial charge in [-0.2, -0.15) is 0 Å². The Balaban J connectivity index is 2.11. The van der Waals surface area contributed by atoms with Crippen LogP contribution in [0.4, 0.5) is 5.82 Å². The zero-order chi connectivity index (χ0) is 8.55. The molecule has 2 atom stereocenters. The van der Waals surface area contributed by atoms with Crippen LogP contribution in [-0.4, -0.2) is 4.98 Å². The first-order chi connectivity index (χ1) is 5.75. The highest BCUT2D eigenvalue weighted by atomic mass is 32.1. The van der Waals surface area contributed by atoms with Gasteiger partial charge >= 0.3 is 0 Å². The second-order valence-electron chi connectivity index (χ2n) is 3.73. The van der Waals surface area contributed by atoms with Gasteiger partial charge in [0.25, 0.3) is 0 Å². The van der Waals surface area contributed by atoms with Crippen molar-refractivity contribution in [1.82, 2.24) is 4.98 Å². The van der Waals surface area contributed by atoms with Crippen molar-refractivity contribution < 1.29 is 0 Å². The molecular weight excluding hydrogens is 168 g/mol. The van der Waals surface area contributed by atoms with Gasteiger partial charge in [-0.3, -0.25) is 0 Å². The van der Waals surface area contributed by atoms with Crippen LogP contribution in [0.15, 0.2) is 5.38 Å². The van der Waals surface area contributed by atoms with Crippen LogP contribution < -0.4 is 5.73 Å². The van der Waals surface area contributed by atoms with Gasteiger partial charge in [0.1, 0.15) is 5.82 Å². The van der Waals surface area contributed by atoms with Gasteiger partial charge < -0.3 is 5.73 Å². The summed E-state index contributed by atoms with van der Waals surface area (Å²) < 4.78 is 0. The van der Waals surface area contributed by atoms with E-state index in [0.717, 1.165) is 5.92 Å². The summed E-state index contributed by atoms with van der Waals surface area (Å²) >= 11 is 1.71. The van der Waals surface area contributed by atoms with Gasteiger partial charge in [-0.15, -0.1) is 11.3 Å². The van der Waals surface area contributed by atoms with Crippen LogP contribution in [0.3, 0.4) is 0 Å². The summed E-state index contributed by atoms with van der Waals surface area (Å²) in [6, 6.07) is 0. The summed E-state index contributed by atoms with van der Waals surface area (Å²) in [5, 5.41) is 3.19. The number of anilines is 1. The molecular formula is C9H14N2S. The lowest BCUT2D eigenvalue weighted by atomic mass is 10.1. The monoisotopic (exact) mass is 182 g/mol. The van der Waals surface area contributed by atoms with Crippen molar-refractivity contribution in [1.29, 1.82) is 0 Å². The van der Waals surface area contributed by atoms with E-state index >= 15 is 0 Å². The third-order valence-electron chi connectivity index (χ3n) is 2.58. The Morgan fingerprint density at radius 2 is 2.42 bits per heavy atom. The van der Waals surface area contributed by atoms with Crippen molar-refractivity contribution in [2.24, 2.45) is 5.92 Å². The maximum absolute atomic E-state index is 5.58. The fourth-order valence-corrected chi connectivity index (χ4v) is 2.78. The molecule has 2 rings (SSSR count). The number of nitrogens with two attached hydrogens (primary N) is 1. The average molecular weight is 182 g/mol. The standard InChI is InChI=1S/C9H14N2S/c1-6-2-3-7(4-6)9-11-8(10)5-12-9/h5-7H,2-4,10H2,1H3. The Hall–Kier alpha value is -0.570. The minimum absolute atomic E-state index is 0.689. The van der Waals surface area contributed by atoms with Crippen molar-refractivity contribution in [3.63, 3.8) is 0 Å². The Morgan fingerprint density at radius 3 is 2.92 bits per heavy atom. The molecule has 2 nitrogen and oxygen atoms in total. The topological polar surface area (TPSA) is 38.9 Å². The molecule has 12 heavy (non-hydrogen) atoms. The van der Waals surface area contributed by atoms with E-state index in [1.54, 1.807) is 11.3 Å². The van der Waals surface area contributed by atoms with E-state index in [1.165, 1.54) is 24.3 Å². The normalized spacial score (nSPS) is 29.4. The Kier molecular flexibility index (Phi) is 2.05. The van der Waals surface area contributed by atoms with Crippen LogP contribution >= 0.6 is 11.3 Å². The number of thiazole rings is 1. The molecule has 3 heteroatoms. The molecule has 0 bridgehead atoms. The summed E-state index contributed by atoms with van der Waals surface area (Å²) in [4.78, 5) is 4.32. The van der Waals surface area contributed by atoms with Crippen LogP contribution in [-0.2, 0) is 0 Å². The molecule has 0 saturated heterocycles. The van der Waals surface area contributed by atoms with E-state index in [1.807, 2.05) is 5.38 Å². The fourth-order valence-electron chi connectivity index (χ4n) is 1.92. The lowest BCUT2D eigenvalue weighted by molar-refractivity contribution is 0.596. The number of nitrogen functional groups attached to an aromatic ring is 1. The zero-order valence-electron chi connectivity index (χ0n) is 7.29. The van der Waals surface area contributed by atoms with Crippen LogP contribution in [0.1, 0.15) is 37.1 Å². The third-order valence-corrected chi connectivity index (χ3v) is 3.61. The number of hydrogen-bond donors (Lipinski definition) is 1. The maximum atomic E-state index is 5.58. The molecule has 0 radical (unpaired) electrons. The maximum Gasteiger partial charge on any atom is 0.134 e. The SMILES string of the molecule is CC1CCC(c2nc(N)cs2)C1. The van der Waals surface area contributed by atoms with E-state index in [2.05, 4.69) is 11.9 Å². The van der Waals surface area contributed by atoms with Crippen molar-refractivity contribution in [2.75, 3.05) is 5.73 Å². The second kappa shape index (κ2) is 3.05. The molecule has 1 aromatic heterocycles. The first-order valence-electron chi connectivity index (χ1n) is 4.46. The Labute approximate surface area is 76.8 Å². The molecule has 1 aromatic rings. The number of hydrogen-bond acceptors (Lipinski definition) is 3. The lowest BCUT2D eigenvalue weighted by Crippen LogP contribution is -1.93. The number of rotatable bonds is 1. The van der Waals surface area contributed by atoms with Crippen molar-refractivity contribution >= 4 is 17.2 Å². The van der Waals surface area contributed by atoms with Gasteiger partial charge in [-0.1, -0.05) is 13.3 Å². The summed E-state index contributed by atoms with van der Waals surface area (Å²) in [6.45, 7) is 2.32. The molecule has 1 saturated carbocycles. The lowest BCUT2D eigenvalue weighted by Gasteiger charge is -2.03. The van der Waals surface area contributed by atoms with Gasteiger partial charge in [-0.05, 0) is 18.8 Å². The molecule has 2 N–H and O–H groups in total. The highest BCUT2D eigenvalue weighted by Crippen LogP contribution is 2.39. The van der Waals surface area contributed by atoms with Crippen LogP contribution in [0.5, 0.6) is 0 Å². The minimum Gasteiger partial charge on any atom is -0.383 e. The number of nitrogens with zero attached hydrogens (tertiary/aromatic N) is 1. The van der Waals surface area contributed by atoms with Crippen LogP contribution in [0.25, 0.3) is 0 Å². The molecule has 0 amide bonds. The summed E-state index contributed by atoms with van der Waals surface area (Å²) in [5.74, 6) is 2.26. The van der Waals surface area contributed by atoms with Gasteiger partial charge in [0.2, 0.25) is 0 Å². The fraction of sp³-hybridized carbons (Fsp3) is 0.667. The molecule has 2 unspecified atom stereocenters. The van der Waals surface area contributed by atoms with E-state index < -0.39 is 0 Å². The smallest absolute Gasteiger partial charge is 0.134 e. The molecule has 0 aromatic carbocycles. The van der Waals surface area contributed by atoms with Crippen molar-refractivity contribution in [3.05, 3.63) is 10.4 Å². The highest BCUT2D eigenvalue weighted by molar-refractivity contribution is 7.10. The zero-order valence-corrected chi connectivity index (χ0v) is 8.10. The average Bonchev–Trinajstić information content (AvgIpc) is 2.58. The van der Waals surface area contributed by atoms with E-state index in [-0.39, 0.29) is 0 Å². The molecule has 0 aliphatic heterocycles. The molecule has 1 aliphatic rings. The Morgan fingerprint density at radius 1 is 1.58 bits per heavy atom. The molecule has 66 valence electrons. The van der Waals surface area contributed by atoms with E-state index in [4.69, 9.17) is 5.73 Å². The highest BCUT2D eigenvalue weighted by Gasteiger charge is 2.24. The Bertz CT molecular complexity index is 269. The molecule has 0 spiro atoms. The predicted octanol–water partition coefficient (Wildman–Crippen LogP) is 2.63. The molecule has 1 aliphatic carbocycles. The quantitative estimate of drug-likeness (QED) is 0.725. The van der Waals surface area contributed by atoms with Gasteiger partial charge in [-0.25, -0.2) is 4.98 Å². The van der Waals surface area contributed by atoms with Gasteiger partial charge in [0, 0.05) is 11.3 Å².